The van der Waals surface area contributed by atoms with Crippen molar-refractivity contribution < 1.29 is 0 Å². The summed E-state index contributed by atoms with van der Waals surface area (Å²) in [6.07, 6.45) is 0. The summed E-state index contributed by atoms with van der Waals surface area (Å²) >= 11 is 0. The number of nitrogens with zero attached hydrogens (tertiary/aromatic N) is 2. The molecule has 0 spiro atoms. The molecule has 0 fully saturated rings. The number of benzene rings is 9. The van der Waals surface area contributed by atoms with Crippen LogP contribution in [0.25, 0.3) is 43.8 Å². The summed E-state index contributed by atoms with van der Waals surface area (Å²) in [5.74, 6) is 0. The molecule has 0 N–H and O–H groups in total. The number of hydrogen-bond acceptors (Lipinski definition) is 2. The summed E-state index contributed by atoms with van der Waals surface area (Å²) < 4.78 is 0. The van der Waals surface area contributed by atoms with Gasteiger partial charge in [-0.25, -0.2) is 0 Å². The van der Waals surface area contributed by atoms with E-state index < -0.39 is 24.9 Å². The minimum Gasteiger partial charge on any atom is -0.309 e. The van der Waals surface area contributed by atoms with Crippen LogP contribution in [0.5, 0.6) is 0 Å². The van der Waals surface area contributed by atoms with Gasteiger partial charge in [0.15, 0.2) is 0 Å². The summed E-state index contributed by atoms with van der Waals surface area (Å²) in [6.45, 7) is 31.0. The molecular formula is C63H68N2Si3. The van der Waals surface area contributed by atoms with Crippen LogP contribution in [0.3, 0.4) is 0 Å². The van der Waals surface area contributed by atoms with Crippen molar-refractivity contribution in [1.82, 2.24) is 0 Å². The predicted molar refractivity (Wildman–Crippen MR) is 310 cm³/mol. The average molecular weight is 938 g/mol. The Hall–Kier alpha value is -6.25. The lowest BCUT2D eigenvalue weighted by Crippen LogP contribution is -2.38. The molecule has 5 heteroatoms. The molecule has 0 heterocycles. The van der Waals surface area contributed by atoms with Crippen molar-refractivity contribution in [1.29, 1.82) is 0 Å². The van der Waals surface area contributed by atoms with Gasteiger partial charge >= 0.3 is 0 Å². The summed E-state index contributed by atoms with van der Waals surface area (Å²) in [7, 11) is -4.68. The Morgan fingerprint density at radius 2 is 0.676 bits per heavy atom. The zero-order valence-corrected chi connectivity index (χ0v) is 45.8. The maximum absolute atomic E-state index is 2.65. The van der Waals surface area contributed by atoms with Crippen LogP contribution < -0.4 is 25.4 Å². The third-order valence-electron chi connectivity index (χ3n) is 13.6. The lowest BCUT2D eigenvalue weighted by Gasteiger charge is -2.35. The van der Waals surface area contributed by atoms with Crippen LogP contribution in [0.15, 0.2) is 170 Å². The Morgan fingerprint density at radius 1 is 0.324 bits per heavy atom. The molecule has 0 saturated carbocycles. The average Bonchev–Trinajstić information content (AvgIpc) is 3.28. The Kier molecular flexibility index (Phi) is 12.6. The van der Waals surface area contributed by atoms with Crippen LogP contribution >= 0.6 is 0 Å². The quantitative estimate of drug-likeness (QED) is 0.0724. The maximum Gasteiger partial charge on any atom is 0.0777 e. The number of rotatable bonds is 11. The molecule has 0 radical (unpaired) electrons. The van der Waals surface area contributed by atoms with Crippen LogP contribution in [0.1, 0.15) is 27.8 Å². The van der Waals surface area contributed by atoms with Gasteiger partial charge in [-0.3, -0.25) is 0 Å². The first-order valence-corrected chi connectivity index (χ1v) is 34.4. The Bertz CT molecular complexity index is 3320. The van der Waals surface area contributed by atoms with Crippen molar-refractivity contribution in [3.8, 4) is 22.3 Å². The van der Waals surface area contributed by atoms with Gasteiger partial charge < -0.3 is 9.80 Å². The zero-order valence-electron chi connectivity index (χ0n) is 42.6. The summed E-state index contributed by atoms with van der Waals surface area (Å²) in [5.41, 5.74) is 18.4. The normalized spacial score (nSPS) is 12.0. The smallest absolute Gasteiger partial charge is 0.0777 e. The van der Waals surface area contributed by atoms with Gasteiger partial charge in [0.05, 0.1) is 36.3 Å². The fourth-order valence-corrected chi connectivity index (χ4v) is 13.7. The fraction of sp³-hybridized carbons (Fsp3) is 0.206. The van der Waals surface area contributed by atoms with E-state index >= 15 is 0 Å². The molecule has 0 aliphatic rings. The number of aryl methyl sites for hydroxylation is 5. The van der Waals surface area contributed by atoms with Gasteiger partial charge in [0, 0.05) is 44.3 Å². The van der Waals surface area contributed by atoms with E-state index in [1.54, 1.807) is 0 Å². The maximum atomic E-state index is 2.65. The van der Waals surface area contributed by atoms with Gasteiger partial charge in [-0.15, -0.1) is 0 Å². The highest BCUT2D eigenvalue weighted by Gasteiger charge is 2.29. The Labute approximate surface area is 410 Å². The van der Waals surface area contributed by atoms with E-state index in [9.17, 15) is 0 Å². The highest BCUT2D eigenvalue weighted by molar-refractivity contribution is 6.89. The van der Waals surface area contributed by atoms with Crippen molar-refractivity contribution in [3.63, 3.8) is 0 Å². The van der Waals surface area contributed by atoms with E-state index in [1.165, 1.54) is 121 Å². The van der Waals surface area contributed by atoms with Crippen molar-refractivity contribution in [2.45, 2.75) is 87.0 Å². The van der Waals surface area contributed by atoms with Crippen molar-refractivity contribution >= 4 is 96.2 Å². The lowest BCUT2D eigenvalue weighted by atomic mass is 9.91. The van der Waals surface area contributed by atoms with Gasteiger partial charge in [0.1, 0.15) is 0 Å². The van der Waals surface area contributed by atoms with Gasteiger partial charge in [-0.2, -0.15) is 0 Å². The molecule has 68 heavy (non-hydrogen) atoms. The first-order valence-electron chi connectivity index (χ1n) is 24.5. The summed E-state index contributed by atoms with van der Waals surface area (Å²) in [4.78, 5) is 5.25. The Balaban J connectivity index is 1.53. The van der Waals surface area contributed by atoms with E-state index in [4.69, 9.17) is 0 Å². The molecule has 0 amide bonds. The molecule has 0 saturated heterocycles. The largest absolute Gasteiger partial charge is 0.309 e. The van der Waals surface area contributed by atoms with Crippen LogP contribution in [0, 0.1) is 34.6 Å². The minimum atomic E-state index is -1.74. The second-order valence-electron chi connectivity index (χ2n) is 21.8. The minimum absolute atomic E-state index is 1.17. The first-order chi connectivity index (χ1) is 32.3. The second-order valence-corrected chi connectivity index (χ2v) is 35.0. The highest BCUT2D eigenvalue weighted by atomic mass is 28.3. The monoisotopic (exact) mass is 936 g/mol. The number of anilines is 6. The fourth-order valence-electron chi connectivity index (χ4n) is 10.1. The van der Waals surface area contributed by atoms with Gasteiger partial charge in [-0.05, 0) is 145 Å². The van der Waals surface area contributed by atoms with Crippen molar-refractivity contribution in [2.24, 2.45) is 0 Å². The Morgan fingerprint density at radius 3 is 1.06 bits per heavy atom. The van der Waals surface area contributed by atoms with Gasteiger partial charge in [-0.1, -0.05) is 177 Å². The van der Waals surface area contributed by atoms with Crippen LogP contribution in [-0.4, -0.2) is 24.9 Å². The van der Waals surface area contributed by atoms with Crippen LogP contribution in [0.4, 0.5) is 34.1 Å². The first kappa shape index (κ1) is 46.8. The topological polar surface area (TPSA) is 6.48 Å². The zero-order chi connectivity index (χ0) is 48.2. The summed E-state index contributed by atoms with van der Waals surface area (Å²) in [6, 6.07) is 65.6. The number of fused-ring (bicyclic) bond motifs is 2. The van der Waals surface area contributed by atoms with Crippen molar-refractivity contribution in [2.75, 3.05) is 9.80 Å². The molecule has 0 aliphatic carbocycles. The van der Waals surface area contributed by atoms with E-state index in [2.05, 4.69) is 267 Å². The molecule has 0 atom stereocenters. The molecule has 9 rings (SSSR count). The van der Waals surface area contributed by atoms with Gasteiger partial charge in [0.25, 0.3) is 0 Å². The summed E-state index contributed by atoms with van der Waals surface area (Å²) in [5, 5.41) is 9.25. The van der Waals surface area contributed by atoms with Crippen molar-refractivity contribution in [3.05, 3.63) is 198 Å². The molecule has 9 aromatic rings. The van der Waals surface area contributed by atoms with Crippen LogP contribution in [-0.2, 0) is 0 Å². The molecule has 0 unspecified atom stereocenters. The molecule has 2 nitrogen and oxygen atoms in total. The molecular weight excluding hydrogens is 869 g/mol. The lowest BCUT2D eigenvalue weighted by molar-refractivity contribution is 1.26. The standard InChI is InChI=1S/C63H68N2Si3/c1-42-28-43(2)30-51(29-42)64(53-32-45(4)35-56(40-53)67(8,9)10)62-58-26-24-50(48-22-18-15-19-23-48)38-61(58)63(59-27-25-49(37-60(59)62)47-20-16-14-17-21-47)65(52-31-44(3)34-55(39-52)66(6)7)54-33-46(5)36-57(41-54)68(11,12)13/h14-41,66H,1-13H3. The van der Waals surface area contributed by atoms with E-state index in [0.29, 0.717) is 0 Å². The third kappa shape index (κ3) is 9.45. The third-order valence-corrected chi connectivity index (χ3v) is 19.3. The number of hydrogen-bond donors (Lipinski definition) is 0. The van der Waals surface area contributed by atoms with E-state index in [-0.39, 0.29) is 0 Å². The van der Waals surface area contributed by atoms with E-state index in [1.807, 2.05) is 0 Å². The SMILES string of the molecule is Cc1cc(C)cc(N(c2cc(C)cc([Si](C)(C)C)c2)c2c3ccc(-c4ccccc4)cc3c(N(c3cc(C)cc([SiH](C)C)c3)c3cc(C)cc([Si](C)(C)C)c3)c3ccc(-c4ccccc4)cc23)c1. The molecule has 9 aromatic carbocycles. The highest BCUT2D eigenvalue weighted by Crippen LogP contribution is 2.53. The predicted octanol–water partition coefficient (Wildman–Crippen LogP) is 16.6. The van der Waals surface area contributed by atoms with E-state index in [0.717, 1.165) is 0 Å². The molecule has 0 bridgehead atoms. The molecule has 342 valence electrons. The van der Waals surface area contributed by atoms with Gasteiger partial charge in [0.2, 0.25) is 0 Å². The second kappa shape index (κ2) is 18.3. The molecule has 0 aliphatic heterocycles. The van der Waals surface area contributed by atoms with Crippen LogP contribution in [0.2, 0.25) is 52.4 Å². The molecule has 0 aromatic heterocycles.